The van der Waals surface area contributed by atoms with Crippen LogP contribution >= 0.6 is 11.6 Å². The van der Waals surface area contributed by atoms with Crippen molar-refractivity contribution in [3.63, 3.8) is 0 Å². The van der Waals surface area contributed by atoms with Gasteiger partial charge >= 0.3 is 0 Å². The SMILES string of the molecule is CC1(C)CN(S(=O)(=O)c2cnc(N)c(Cl)c2)CC(CO)O1. The first kappa shape index (κ1) is 16.4. The summed E-state index contributed by atoms with van der Waals surface area (Å²) < 4.78 is 32.2. The molecule has 1 fully saturated rings. The second-order valence-corrected chi connectivity index (χ2v) is 7.86. The molecule has 0 aromatic carbocycles. The summed E-state index contributed by atoms with van der Waals surface area (Å²) in [6.07, 6.45) is 0.605. The van der Waals surface area contributed by atoms with Gasteiger partial charge in [-0.2, -0.15) is 4.31 Å². The smallest absolute Gasteiger partial charge is 0.244 e. The molecule has 118 valence electrons. The summed E-state index contributed by atoms with van der Waals surface area (Å²) in [5, 5.41) is 9.35. The Morgan fingerprint density at radius 2 is 2.29 bits per heavy atom. The molecule has 1 atom stereocenters. The number of nitrogens with two attached hydrogens (primary N) is 1. The summed E-state index contributed by atoms with van der Waals surface area (Å²) in [5.41, 5.74) is 4.80. The zero-order valence-electron chi connectivity index (χ0n) is 11.8. The van der Waals surface area contributed by atoms with Gasteiger partial charge < -0.3 is 15.6 Å². The van der Waals surface area contributed by atoms with E-state index in [-0.39, 0.29) is 35.4 Å². The van der Waals surface area contributed by atoms with Gasteiger partial charge in [-0.05, 0) is 19.9 Å². The topological polar surface area (TPSA) is 106 Å². The number of anilines is 1. The summed E-state index contributed by atoms with van der Waals surface area (Å²) >= 11 is 5.84. The number of ether oxygens (including phenoxy) is 1. The molecule has 0 aliphatic carbocycles. The summed E-state index contributed by atoms with van der Waals surface area (Å²) in [7, 11) is -3.78. The van der Waals surface area contributed by atoms with Gasteiger partial charge in [0.15, 0.2) is 0 Å². The molecule has 1 saturated heterocycles. The molecule has 0 spiro atoms. The Labute approximate surface area is 128 Å². The van der Waals surface area contributed by atoms with E-state index in [1.807, 2.05) is 0 Å². The number of pyridine rings is 1. The largest absolute Gasteiger partial charge is 0.394 e. The lowest BCUT2D eigenvalue weighted by molar-refractivity contribution is -0.131. The number of sulfonamides is 1. The van der Waals surface area contributed by atoms with E-state index in [9.17, 15) is 13.5 Å². The highest BCUT2D eigenvalue weighted by molar-refractivity contribution is 7.89. The van der Waals surface area contributed by atoms with Crippen LogP contribution in [-0.4, -0.2) is 54.2 Å². The Hall–Kier alpha value is -0.930. The summed E-state index contributed by atoms with van der Waals surface area (Å²) in [6.45, 7) is 3.53. The molecule has 0 bridgehead atoms. The quantitative estimate of drug-likeness (QED) is 0.832. The maximum atomic E-state index is 12.6. The van der Waals surface area contributed by atoms with Crippen molar-refractivity contribution in [2.45, 2.75) is 30.4 Å². The summed E-state index contributed by atoms with van der Waals surface area (Å²) in [5.74, 6) is 0.0751. The average molecular weight is 336 g/mol. The highest BCUT2D eigenvalue weighted by Gasteiger charge is 2.39. The maximum Gasteiger partial charge on any atom is 0.244 e. The van der Waals surface area contributed by atoms with Crippen molar-refractivity contribution in [1.29, 1.82) is 0 Å². The van der Waals surface area contributed by atoms with E-state index in [2.05, 4.69) is 4.98 Å². The molecule has 0 radical (unpaired) electrons. The van der Waals surface area contributed by atoms with Gasteiger partial charge in [-0.3, -0.25) is 0 Å². The Bertz CT molecular complexity index is 635. The number of morpholine rings is 1. The van der Waals surface area contributed by atoms with Crippen LogP contribution < -0.4 is 5.73 Å². The van der Waals surface area contributed by atoms with E-state index in [1.54, 1.807) is 13.8 Å². The zero-order valence-corrected chi connectivity index (χ0v) is 13.4. The summed E-state index contributed by atoms with van der Waals surface area (Å²) in [6, 6.07) is 1.27. The lowest BCUT2D eigenvalue weighted by Crippen LogP contribution is -2.55. The minimum Gasteiger partial charge on any atom is -0.394 e. The highest BCUT2D eigenvalue weighted by atomic mass is 35.5. The molecule has 9 heteroatoms. The molecule has 0 amide bonds. The molecule has 0 saturated carbocycles. The molecule has 1 aliphatic rings. The van der Waals surface area contributed by atoms with E-state index in [0.717, 1.165) is 0 Å². The van der Waals surface area contributed by atoms with Gasteiger partial charge in [-0.1, -0.05) is 11.6 Å². The minimum atomic E-state index is -3.78. The first-order valence-electron chi connectivity index (χ1n) is 6.35. The number of hydrogen-bond donors (Lipinski definition) is 2. The van der Waals surface area contributed by atoms with Crippen molar-refractivity contribution >= 4 is 27.4 Å². The molecule has 1 unspecified atom stereocenters. The van der Waals surface area contributed by atoms with Crippen LogP contribution in [0.15, 0.2) is 17.2 Å². The number of nitrogen functional groups attached to an aromatic ring is 1. The van der Waals surface area contributed by atoms with Crippen LogP contribution in [0.5, 0.6) is 0 Å². The zero-order chi connectivity index (χ0) is 15.8. The predicted octanol–water partition coefficient (Wildman–Crippen LogP) is 0.478. The first-order valence-corrected chi connectivity index (χ1v) is 8.17. The second-order valence-electron chi connectivity index (χ2n) is 5.52. The molecule has 21 heavy (non-hydrogen) atoms. The standard InChI is InChI=1S/C12H18ClN3O4S/c1-12(2)7-16(5-8(6-17)20-12)21(18,19)9-3-10(13)11(14)15-4-9/h3-4,8,17H,5-7H2,1-2H3,(H2,14,15). The lowest BCUT2D eigenvalue weighted by Gasteiger charge is -2.41. The third-order valence-electron chi connectivity index (χ3n) is 3.14. The van der Waals surface area contributed by atoms with Gasteiger partial charge in [-0.15, -0.1) is 0 Å². The highest BCUT2D eigenvalue weighted by Crippen LogP contribution is 2.28. The number of aromatic nitrogens is 1. The van der Waals surface area contributed by atoms with Gasteiger partial charge in [0, 0.05) is 19.3 Å². The number of aliphatic hydroxyl groups excluding tert-OH is 1. The number of nitrogens with zero attached hydrogens (tertiary/aromatic N) is 2. The second kappa shape index (κ2) is 5.69. The van der Waals surface area contributed by atoms with E-state index in [1.165, 1.54) is 16.6 Å². The Morgan fingerprint density at radius 3 is 2.86 bits per heavy atom. The van der Waals surface area contributed by atoms with E-state index in [4.69, 9.17) is 22.1 Å². The fraction of sp³-hybridized carbons (Fsp3) is 0.583. The van der Waals surface area contributed by atoms with Crippen LogP contribution in [0, 0.1) is 0 Å². The van der Waals surface area contributed by atoms with Gasteiger partial charge in [0.25, 0.3) is 0 Å². The van der Waals surface area contributed by atoms with Crippen LogP contribution in [0.4, 0.5) is 5.82 Å². The summed E-state index contributed by atoms with van der Waals surface area (Å²) in [4.78, 5) is 3.74. The van der Waals surface area contributed by atoms with Gasteiger partial charge in [0.05, 0.1) is 23.3 Å². The lowest BCUT2D eigenvalue weighted by atomic mass is 10.1. The normalized spacial score (nSPS) is 23.1. The minimum absolute atomic E-state index is 0.0314. The van der Waals surface area contributed by atoms with Gasteiger partial charge in [-0.25, -0.2) is 13.4 Å². The van der Waals surface area contributed by atoms with Crippen molar-refractivity contribution in [2.75, 3.05) is 25.4 Å². The number of aliphatic hydroxyl groups is 1. The number of hydrogen-bond acceptors (Lipinski definition) is 6. The van der Waals surface area contributed by atoms with E-state index in [0.29, 0.717) is 0 Å². The van der Waals surface area contributed by atoms with Crippen molar-refractivity contribution in [3.8, 4) is 0 Å². The van der Waals surface area contributed by atoms with Crippen LogP contribution in [0.1, 0.15) is 13.8 Å². The molecule has 1 aromatic rings. The van der Waals surface area contributed by atoms with Crippen molar-refractivity contribution < 1.29 is 18.3 Å². The monoisotopic (exact) mass is 335 g/mol. The molecule has 1 aromatic heterocycles. The van der Waals surface area contributed by atoms with E-state index < -0.39 is 21.7 Å². The number of rotatable bonds is 3. The fourth-order valence-electron chi connectivity index (χ4n) is 2.24. The Kier molecular flexibility index (Phi) is 4.46. The number of halogens is 1. The predicted molar refractivity (Wildman–Crippen MR) is 78.5 cm³/mol. The Balaban J connectivity index is 2.36. The first-order chi connectivity index (χ1) is 9.65. The van der Waals surface area contributed by atoms with Crippen LogP contribution in [0.2, 0.25) is 5.02 Å². The van der Waals surface area contributed by atoms with Crippen molar-refractivity contribution in [1.82, 2.24) is 9.29 Å². The maximum absolute atomic E-state index is 12.6. The average Bonchev–Trinajstić information content (AvgIpc) is 2.39. The van der Waals surface area contributed by atoms with Gasteiger partial charge in [0.1, 0.15) is 10.7 Å². The van der Waals surface area contributed by atoms with Gasteiger partial charge in [0.2, 0.25) is 10.0 Å². The molecule has 7 nitrogen and oxygen atoms in total. The van der Waals surface area contributed by atoms with Crippen LogP contribution in [-0.2, 0) is 14.8 Å². The molecular formula is C12H18ClN3O4S. The molecule has 2 rings (SSSR count). The van der Waals surface area contributed by atoms with Crippen molar-refractivity contribution in [2.24, 2.45) is 0 Å². The van der Waals surface area contributed by atoms with Crippen molar-refractivity contribution in [3.05, 3.63) is 17.3 Å². The fourth-order valence-corrected chi connectivity index (χ4v) is 4.07. The third-order valence-corrected chi connectivity index (χ3v) is 5.22. The van der Waals surface area contributed by atoms with Crippen LogP contribution in [0.3, 0.4) is 0 Å². The Morgan fingerprint density at radius 1 is 1.62 bits per heavy atom. The van der Waals surface area contributed by atoms with Crippen LogP contribution in [0.25, 0.3) is 0 Å². The molecule has 3 N–H and O–H groups in total. The van der Waals surface area contributed by atoms with E-state index >= 15 is 0 Å². The molecule has 1 aliphatic heterocycles. The molecule has 2 heterocycles. The molecular weight excluding hydrogens is 318 g/mol. The third kappa shape index (κ3) is 3.46.